The maximum Gasteiger partial charge on any atom is 0.269 e. The molecule has 5 heteroatoms. The zero-order valence-electron chi connectivity index (χ0n) is 7.23. The van der Waals surface area contributed by atoms with Crippen molar-refractivity contribution in [1.29, 1.82) is 0 Å². The number of amides is 1. The third-order valence-corrected chi connectivity index (χ3v) is 2.38. The molecule has 0 aromatic carbocycles. The highest BCUT2D eigenvalue weighted by molar-refractivity contribution is 5.92. The third-order valence-electron chi connectivity index (χ3n) is 2.38. The lowest BCUT2D eigenvalue weighted by Gasteiger charge is -2.20. The number of fused-ring (bicyclic) bond motifs is 1. The molecule has 0 spiro atoms. The van der Waals surface area contributed by atoms with Crippen molar-refractivity contribution in [1.82, 2.24) is 9.55 Å². The van der Waals surface area contributed by atoms with Gasteiger partial charge in [0.05, 0.1) is 12.0 Å². The third kappa shape index (κ3) is 1.31. The molecule has 13 heavy (non-hydrogen) atoms. The fraction of sp³-hybridized carbons (Fsp3) is 0.500. The van der Waals surface area contributed by atoms with Gasteiger partial charge >= 0.3 is 0 Å². The zero-order valence-corrected chi connectivity index (χ0v) is 7.23. The Labute approximate surface area is 75.7 Å². The van der Waals surface area contributed by atoms with Gasteiger partial charge in [0.2, 0.25) is 0 Å². The van der Waals surface area contributed by atoms with E-state index in [-0.39, 0.29) is 6.04 Å². The average molecular weight is 180 g/mol. The van der Waals surface area contributed by atoms with E-state index in [2.05, 4.69) is 4.98 Å². The molecule has 2 heterocycles. The first kappa shape index (κ1) is 8.25. The van der Waals surface area contributed by atoms with Crippen LogP contribution in [0.3, 0.4) is 0 Å². The Morgan fingerprint density at radius 2 is 2.46 bits per heavy atom. The van der Waals surface area contributed by atoms with Gasteiger partial charge in [-0.3, -0.25) is 4.79 Å². The summed E-state index contributed by atoms with van der Waals surface area (Å²) in [6.07, 6.45) is 3.28. The highest BCUT2D eigenvalue weighted by Crippen LogP contribution is 2.16. The van der Waals surface area contributed by atoms with Crippen molar-refractivity contribution in [3.63, 3.8) is 0 Å². The predicted octanol–water partition coefficient (Wildman–Crippen LogP) is -0.745. The van der Waals surface area contributed by atoms with Crippen LogP contribution in [-0.4, -0.2) is 21.5 Å². The van der Waals surface area contributed by atoms with E-state index in [9.17, 15) is 4.79 Å². The van der Waals surface area contributed by atoms with Crippen molar-refractivity contribution < 1.29 is 4.79 Å². The molecule has 70 valence electrons. The molecule has 1 atom stereocenters. The minimum absolute atomic E-state index is 0.127. The lowest BCUT2D eigenvalue weighted by Crippen LogP contribution is -2.31. The minimum Gasteiger partial charge on any atom is -0.364 e. The lowest BCUT2D eigenvalue weighted by atomic mass is 10.0. The molecule has 0 aliphatic carbocycles. The SMILES string of the molecule is NC(=O)c1ncn2c1CC(N)CC2. The Hall–Kier alpha value is -1.36. The second-order valence-corrected chi connectivity index (χ2v) is 3.35. The summed E-state index contributed by atoms with van der Waals surface area (Å²) in [6.45, 7) is 0.830. The summed E-state index contributed by atoms with van der Waals surface area (Å²) in [7, 11) is 0. The molecule has 0 saturated carbocycles. The number of hydrogen-bond donors (Lipinski definition) is 2. The van der Waals surface area contributed by atoms with E-state index in [1.54, 1.807) is 6.33 Å². The van der Waals surface area contributed by atoms with Crippen LogP contribution in [0.4, 0.5) is 0 Å². The topological polar surface area (TPSA) is 86.9 Å². The molecule has 1 aromatic heterocycles. The van der Waals surface area contributed by atoms with Crippen molar-refractivity contribution in [2.24, 2.45) is 11.5 Å². The number of carbonyl (C=O) groups excluding carboxylic acids is 1. The van der Waals surface area contributed by atoms with E-state index in [0.717, 1.165) is 18.7 Å². The maximum atomic E-state index is 10.9. The van der Waals surface area contributed by atoms with E-state index < -0.39 is 5.91 Å². The monoisotopic (exact) mass is 180 g/mol. The fourth-order valence-electron chi connectivity index (χ4n) is 1.68. The van der Waals surface area contributed by atoms with Gasteiger partial charge in [-0.05, 0) is 6.42 Å². The molecule has 1 aliphatic heterocycles. The van der Waals surface area contributed by atoms with Gasteiger partial charge in [0.25, 0.3) is 5.91 Å². The van der Waals surface area contributed by atoms with Gasteiger partial charge in [-0.25, -0.2) is 4.98 Å². The number of nitrogens with zero attached hydrogens (tertiary/aromatic N) is 2. The molecule has 1 unspecified atom stereocenters. The molecule has 0 fully saturated rings. The Morgan fingerprint density at radius 1 is 1.69 bits per heavy atom. The largest absolute Gasteiger partial charge is 0.364 e. The van der Waals surface area contributed by atoms with Gasteiger partial charge in [0, 0.05) is 19.0 Å². The number of imidazole rings is 1. The molecule has 5 nitrogen and oxygen atoms in total. The summed E-state index contributed by atoms with van der Waals surface area (Å²) < 4.78 is 1.95. The van der Waals surface area contributed by atoms with Crippen molar-refractivity contribution in [3.05, 3.63) is 17.7 Å². The van der Waals surface area contributed by atoms with Crippen molar-refractivity contribution in [2.75, 3.05) is 0 Å². The van der Waals surface area contributed by atoms with Crippen LogP contribution in [0.25, 0.3) is 0 Å². The summed E-state index contributed by atoms with van der Waals surface area (Å²) in [6, 6.07) is 0.127. The summed E-state index contributed by atoms with van der Waals surface area (Å²) in [5.41, 5.74) is 12.2. The normalized spacial score (nSPS) is 21.2. The Kier molecular flexibility index (Phi) is 1.81. The molecule has 1 aliphatic rings. The van der Waals surface area contributed by atoms with E-state index in [4.69, 9.17) is 11.5 Å². The highest BCUT2D eigenvalue weighted by atomic mass is 16.1. The van der Waals surface area contributed by atoms with E-state index in [1.165, 1.54) is 0 Å². The van der Waals surface area contributed by atoms with E-state index in [1.807, 2.05) is 4.57 Å². The van der Waals surface area contributed by atoms with E-state index >= 15 is 0 Å². The van der Waals surface area contributed by atoms with Crippen molar-refractivity contribution in [2.45, 2.75) is 25.4 Å². The summed E-state index contributed by atoms with van der Waals surface area (Å²) in [5.74, 6) is -0.470. The molecule has 1 aromatic rings. The molecule has 0 saturated heterocycles. The van der Waals surface area contributed by atoms with Gasteiger partial charge in [-0.2, -0.15) is 0 Å². The number of primary amides is 1. The van der Waals surface area contributed by atoms with Crippen LogP contribution in [-0.2, 0) is 13.0 Å². The predicted molar refractivity (Wildman–Crippen MR) is 47.0 cm³/mol. The number of hydrogen-bond acceptors (Lipinski definition) is 3. The first-order valence-corrected chi connectivity index (χ1v) is 4.28. The quantitative estimate of drug-likeness (QED) is 0.596. The minimum atomic E-state index is -0.470. The second kappa shape index (κ2) is 2.85. The fourth-order valence-corrected chi connectivity index (χ4v) is 1.68. The number of aromatic nitrogens is 2. The average Bonchev–Trinajstić information content (AvgIpc) is 2.46. The van der Waals surface area contributed by atoms with E-state index in [0.29, 0.717) is 12.1 Å². The van der Waals surface area contributed by atoms with Gasteiger partial charge < -0.3 is 16.0 Å². The second-order valence-electron chi connectivity index (χ2n) is 3.35. The van der Waals surface area contributed by atoms with Gasteiger partial charge in [-0.15, -0.1) is 0 Å². The molecule has 2 rings (SSSR count). The molecule has 1 amide bonds. The Balaban J connectivity index is 2.41. The summed E-state index contributed by atoms with van der Waals surface area (Å²) in [4.78, 5) is 14.9. The standard InChI is InChI=1S/C8H12N4O/c9-5-1-2-12-4-11-7(8(10)13)6(12)3-5/h4-5H,1-3,9H2,(H2,10,13). The van der Waals surface area contributed by atoms with Crippen LogP contribution in [0.15, 0.2) is 6.33 Å². The van der Waals surface area contributed by atoms with Gasteiger partial charge in [-0.1, -0.05) is 0 Å². The number of aryl methyl sites for hydroxylation is 1. The smallest absolute Gasteiger partial charge is 0.269 e. The highest BCUT2D eigenvalue weighted by Gasteiger charge is 2.21. The van der Waals surface area contributed by atoms with Crippen LogP contribution in [0.2, 0.25) is 0 Å². The number of nitrogens with two attached hydrogens (primary N) is 2. The molecule has 0 radical (unpaired) electrons. The number of carbonyl (C=O) groups is 1. The Bertz CT molecular complexity index is 344. The van der Waals surface area contributed by atoms with Gasteiger partial charge in [0.1, 0.15) is 5.69 Å². The summed E-state index contributed by atoms with van der Waals surface area (Å²) in [5, 5.41) is 0. The number of rotatable bonds is 1. The molecular weight excluding hydrogens is 168 g/mol. The Morgan fingerprint density at radius 3 is 3.15 bits per heavy atom. The van der Waals surface area contributed by atoms with Gasteiger partial charge in [0.15, 0.2) is 0 Å². The first-order chi connectivity index (χ1) is 6.18. The summed E-state index contributed by atoms with van der Waals surface area (Å²) >= 11 is 0. The molecule has 4 N–H and O–H groups in total. The van der Waals surface area contributed by atoms with Crippen molar-refractivity contribution >= 4 is 5.91 Å². The van der Waals surface area contributed by atoms with Crippen molar-refractivity contribution in [3.8, 4) is 0 Å². The van der Waals surface area contributed by atoms with Crippen LogP contribution in [0.5, 0.6) is 0 Å². The van der Waals surface area contributed by atoms with Crippen LogP contribution in [0.1, 0.15) is 22.6 Å². The molecular formula is C8H12N4O. The van der Waals surface area contributed by atoms with Crippen LogP contribution >= 0.6 is 0 Å². The molecule has 0 bridgehead atoms. The maximum absolute atomic E-state index is 10.9. The van der Waals surface area contributed by atoms with Crippen LogP contribution < -0.4 is 11.5 Å². The first-order valence-electron chi connectivity index (χ1n) is 4.28. The zero-order chi connectivity index (χ0) is 9.42. The van der Waals surface area contributed by atoms with Crippen LogP contribution in [0, 0.1) is 0 Å². The lowest BCUT2D eigenvalue weighted by molar-refractivity contribution is 0.0994.